The van der Waals surface area contributed by atoms with E-state index in [9.17, 15) is 8.78 Å². The number of halogens is 3. The second-order valence-electron chi connectivity index (χ2n) is 3.66. The summed E-state index contributed by atoms with van der Waals surface area (Å²) in [5.41, 5.74) is 6.65. The Morgan fingerprint density at radius 3 is 2.89 bits per heavy atom. The number of anilines is 2. The molecule has 0 aliphatic carbocycles. The molecule has 0 fully saturated rings. The number of nitrogen functional groups attached to an aromatic ring is 1. The van der Waals surface area contributed by atoms with E-state index in [2.05, 4.69) is 10.2 Å². The van der Waals surface area contributed by atoms with Crippen molar-refractivity contribution in [1.29, 1.82) is 0 Å². The largest absolute Gasteiger partial charge is 0.397 e. The van der Waals surface area contributed by atoms with Crippen LogP contribution in [-0.2, 0) is 6.54 Å². The van der Waals surface area contributed by atoms with Crippen LogP contribution in [-0.4, -0.2) is 22.9 Å². The van der Waals surface area contributed by atoms with E-state index in [1.165, 1.54) is 4.68 Å². The van der Waals surface area contributed by atoms with Gasteiger partial charge in [0.05, 0.1) is 21.6 Å². The van der Waals surface area contributed by atoms with Crippen LogP contribution in [0.1, 0.15) is 0 Å². The maximum Gasteiger partial charge on any atom is 0.257 e. The van der Waals surface area contributed by atoms with Crippen molar-refractivity contribution in [2.75, 3.05) is 17.5 Å². The molecule has 18 heavy (non-hydrogen) atoms. The fourth-order valence-corrected chi connectivity index (χ4v) is 2.43. The van der Waals surface area contributed by atoms with Gasteiger partial charge in [0.15, 0.2) is 5.82 Å². The fraction of sp³-hybridized carbons (Fsp3) is 0.300. The highest BCUT2D eigenvalue weighted by Gasteiger charge is 2.18. The first kappa shape index (κ1) is 13.3. The van der Waals surface area contributed by atoms with Crippen molar-refractivity contribution in [1.82, 2.24) is 9.78 Å². The Kier molecular flexibility index (Phi) is 3.88. The van der Waals surface area contributed by atoms with Crippen LogP contribution in [0.4, 0.5) is 20.3 Å². The third-order valence-corrected chi connectivity index (χ3v) is 3.23. The van der Waals surface area contributed by atoms with Gasteiger partial charge >= 0.3 is 0 Å². The number of hydrogen-bond acceptors (Lipinski definition) is 3. The smallest absolute Gasteiger partial charge is 0.257 e. The highest BCUT2D eigenvalue weighted by molar-refractivity contribution is 7.38. The number of hydrogen-bond donors (Lipinski definition) is 2. The van der Waals surface area contributed by atoms with Crippen LogP contribution in [0.2, 0.25) is 5.02 Å². The summed E-state index contributed by atoms with van der Waals surface area (Å²) < 4.78 is 26.2. The molecule has 8 heteroatoms. The first-order valence-electron chi connectivity index (χ1n) is 5.20. The van der Waals surface area contributed by atoms with Gasteiger partial charge in [0.1, 0.15) is 6.54 Å². The minimum Gasteiger partial charge on any atom is -0.397 e. The Morgan fingerprint density at radius 2 is 2.28 bits per heavy atom. The van der Waals surface area contributed by atoms with Crippen molar-refractivity contribution in [2.45, 2.75) is 13.0 Å². The van der Waals surface area contributed by atoms with Gasteiger partial charge in [0.25, 0.3) is 6.43 Å². The molecule has 0 radical (unpaired) electrons. The van der Waals surface area contributed by atoms with E-state index >= 15 is 0 Å². The Labute approximate surface area is 109 Å². The van der Waals surface area contributed by atoms with Crippen LogP contribution in [0, 0.1) is 0 Å². The van der Waals surface area contributed by atoms with Crippen LogP contribution < -0.4 is 10.8 Å². The molecule has 1 heterocycles. The zero-order valence-corrected chi connectivity index (χ0v) is 11.3. The van der Waals surface area contributed by atoms with Crippen molar-refractivity contribution < 1.29 is 8.78 Å². The predicted molar refractivity (Wildman–Crippen MR) is 73.0 cm³/mol. The quantitative estimate of drug-likeness (QED) is 0.672. The molecule has 1 atom stereocenters. The van der Waals surface area contributed by atoms with Gasteiger partial charge in [-0.05, 0) is 27.5 Å². The lowest BCUT2D eigenvalue weighted by Gasteiger charge is -2.04. The zero-order chi connectivity index (χ0) is 13.3. The van der Waals surface area contributed by atoms with Crippen LogP contribution in [0.3, 0.4) is 0 Å². The van der Waals surface area contributed by atoms with E-state index in [0.29, 0.717) is 36.2 Å². The van der Waals surface area contributed by atoms with Crippen molar-refractivity contribution in [3.8, 4) is 0 Å². The van der Waals surface area contributed by atoms with Gasteiger partial charge in [-0.1, -0.05) is 11.6 Å². The molecule has 1 aromatic carbocycles. The summed E-state index contributed by atoms with van der Waals surface area (Å²) in [4.78, 5) is 0. The Hall–Kier alpha value is -1.13. The zero-order valence-electron chi connectivity index (χ0n) is 9.54. The summed E-state index contributed by atoms with van der Waals surface area (Å²) in [5.74, 6) is 0.490. The molecule has 0 saturated heterocycles. The van der Waals surface area contributed by atoms with E-state index in [1.807, 2.05) is 6.66 Å². The third-order valence-electron chi connectivity index (χ3n) is 2.43. The number of fused-ring (bicyclic) bond motifs is 1. The van der Waals surface area contributed by atoms with E-state index in [1.54, 1.807) is 12.1 Å². The highest BCUT2D eigenvalue weighted by atomic mass is 35.5. The van der Waals surface area contributed by atoms with Gasteiger partial charge in [0.2, 0.25) is 0 Å². The number of nitrogens with zero attached hydrogens (tertiary/aromatic N) is 2. The molecule has 4 nitrogen and oxygen atoms in total. The highest BCUT2D eigenvalue weighted by Crippen LogP contribution is 2.35. The van der Waals surface area contributed by atoms with Crippen molar-refractivity contribution in [3.63, 3.8) is 0 Å². The third kappa shape index (κ3) is 2.35. The first-order valence-corrected chi connectivity index (χ1v) is 7.07. The monoisotopic (exact) mass is 292 g/mol. The summed E-state index contributed by atoms with van der Waals surface area (Å²) in [6.07, 6.45) is -2.50. The van der Waals surface area contributed by atoms with Crippen molar-refractivity contribution in [3.05, 3.63) is 17.2 Å². The number of nitrogens with two attached hydrogens (primary N) is 1. The molecule has 0 saturated carbocycles. The van der Waals surface area contributed by atoms with Crippen LogP contribution in [0.25, 0.3) is 10.9 Å². The van der Waals surface area contributed by atoms with Gasteiger partial charge in [-0.25, -0.2) is 8.78 Å². The lowest BCUT2D eigenvalue weighted by molar-refractivity contribution is 0.123. The minimum absolute atomic E-state index is 0.384. The molecule has 2 aromatic rings. The summed E-state index contributed by atoms with van der Waals surface area (Å²) in [6, 6.07) is 3.23. The maximum absolute atomic E-state index is 12.5. The summed E-state index contributed by atoms with van der Waals surface area (Å²) in [6.45, 7) is 1.41. The molecule has 2 rings (SSSR count). The van der Waals surface area contributed by atoms with Gasteiger partial charge in [0, 0.05) is 0 Å². The van der Waals surface area contributed by atoms with Crippen LogP contribution in [0.15, 0.2) is 12.1 Å². The molecule has 1 unspecified atom stereocenters. The molecular formula is C10H12ClF2N4P. The van der Waals surface area contributed by atoms with Crippen molar-refractivity contribution in [2.24, 2.45) is 0 Å². The molecule has 3 N–H and O–H groups in total. The van der Waals surface area contributed by atoms with Crippen LogP contribution in [0.5, 0.6) is 0 Å². The lowest BCUT2D eigenvalue weighted by atomic mass is 10.2. The SMILES string of the molecule is CPNc1nn(CC(F)F)c2c(N)ccc(Cl)c12. The molecule has 98 valence electrons. The second-order valence-corrected chi connectivity index (χ2v) is 4.81. The van der Waals surface area contributed by atoms with Crippen LogP contribution >= 0.6 is 20.3 Å². The van der Waals surface area contributed by atoms with Gasteiger partial charge in [-0.15, -0.1) is 0 Å². The standard InChI is InChI=1S/C10H12ClF2N4P/c1-18-16-10-8-5(11)2-3-6(14)9(8)17(15-10)4-7(12)13/h2-3,7,18H,4,14H2,1H3,(H,15,16). The summed E-state index contributed by atoms with van der Waals surface area (Å²) in [5, 5.41) is 8.17. The second kappa shape index (κ2) is 5.24. The first-order chi connectivity index (χ1) is 8.54. The predicted octanol–water partition coefficient (Wildman–Crippen LogP) is 3.17. The molecule has 0 aliphatic rings. The number of aromatic nitrogens is 2. The topological polar surface area (TPSA) is 55.9 Å². The molecule has 0 spiro atoms. The lowest BCUT2D eigenvalue weighted by Crippen LogP contribution is -2.09. The number of rotatable bonds is 4. The minimum atomic E-state index is -2.50. The Bertz CT molecular complexity index is 572. The molecule has 0 bridgehead atoms. The Morgan fingerprint density at radius 1 is 1.56 bits per heavy atom. The fourth-order valence-electron chi connectivity index (χ4n) is 1.78. The average molecular weight is 293 g/mol. The Balaban J connectivity index is 2.68. The van der Waals surface area contributed by atoms with E-state index in [4.69, 9.17) is 17.3 Å². The molecule has 0 amide bonds. The molecular weight excluding hydrogens is 281 g/mol. The van der Waals surface area contributed by atoms with E-state index in [-0.39, 0.29) is 0 Å². The van der Waals surface area contributed by atoms with Gasteiger partial charge in [-0.2, -0.15) is 5.10 Å². The summed E-state index contributed by atoms with van der Waals surface area (Å²) >= 11 is 6.09. The number of benzene rings is 1. The van der Waals surface area contributed by atoms with Crippen molar-refractivity contribution >= 4 is 42.7 Å². The van der Waals surface area contributed by atoms with E-state index in [0.717, 1.165) is 0 Å². The van der Waals surface area contributed by atoms with E-state index < -0.39 is 13.0 Å². The van der Waals surface area contributed by atoms with Gasteiger partial charge in [-0.3, -0.25) is 4.68 Å². The number of nitrogens with one attached hydrogen (secondary N) is 1. The molecule has 0 aliphatic heterocycles. The maximum atomic E-state index is 12.5. The molecule has 1 aromatic heterocycles. The average Bonchev–Trinajstić information content (AvgIpc) is 2.63. The normalized spacial score (nSPS) is 12.1. The summed E-state index contributed by atoms with van der Waals surface area (Å²) in [7, 11) is 0.388. The van der Waals surface area contributed by atoms with Gasteiger partial charge < -0.3 is 10.8 Å². The number of alkyl halides is 2.